The lowest BCUT2D eigenvalue weighted by molar-refractivity contribution is -0.116. The predicted molar refractivity (Wildman–Crippen MR) is 75.6 cm³/mol. The second-order valence-corrected chi connectivity index (χ2v) is 4.88. The molecule has 1 rings (SSSR count). The molecule has 0 spiro atoms. The number of hydrogen-bond acceptors (Lipinski definition) is 4. The molecule has 0 bridgehead atoms. The minimum absolute atomic E-state index is 0.0816. The van der Waals surface area contributed by atoms with Crippen LogP contribution in [0.4, 0.5) is 11.4 Å². The van der Waals surface area contributed by atoms with Crippen LogP contribution in [-0.4, -0.2) is 24.9 Å². The molecular formula is C13H20N4O2. The molecular weight excluding hydrogens is 244 g/mol. The van der Waals surface area contributed by atoms with Gasteiger partial charge in [0.15, 0.2) is 0 Å². The van der Waals surface area contributed by atoms with Crippen LogP contribution in [0, 0.1) is 5.92 Å². The van der Waals surface area contributed by atoms with Crippen LogP contribution in [-0.2, 0) is 4.79 Å². The van der Waals surface area contributed by atoms with E-state index < -0.39 is 11.8 Å². The van der Waals surface area contributed by atoms with Gasteiger partial charge < -0.3 is 22.1 Å². The van der Waals surface area contributed by atoms with Gasteiger partial charge in [-0.05, 0) is 24.1 Å². The molecule has 104 valence electrons. The first kappa shape index (κ1) is 14.8. The third-order valence-electron chi connectivity index (χ3n) is 2.58. The molecule has 1 aromatic carbocycles. The van der Waals surface area contributed by atoms with Crippen LogP contribution in [0.2, 0.25) is 0 Å². The summed E-state index contributed by atoms with van der Waals surface area (Å²) in [6, 6.07) is 4.77. The maximum atomic E-state index is 11.1. The minimum Gasteiger partial charge on any atom is -0.397 e. The predicted octanol–water partition coefficient (Wildman–Crippen LogP) is 0.315. The Balaban J connectivity index is 3.07. The van der Waals surface area contributed by atoms with E-state index in [9.17, 15) is 9.59 Å². The minimum atomic E-state index is -0.538. The Morgan fingerprint density at radius 1 is 1.26 bits per heavy atom. The highest BCUT2D eigenvalue weighted by atomic mass is 16.1. The normalized spacial score (nSPS) is 10.5. The lowest BCUT2D eigenvalue weighted by Crippen LogP contribution is -2.36. The Labute approximate surface area is 112 Å². The summed E-state index contributed by atoms with van der Waals surface area (Å²) in [7, 11) is 0. The molecule has 1 aromatic rings. The van der Waals surface area contributed by atoms with Crippen LogP contribution in [0.3, 0.4) is 0 Å². The first-order valence-electron chi connectivity index (χ1n) is 6.03. The molecule has 6 nitrogen and oxygen atoms in total. The molecule has 0 aliphatic rings. The van der Waals surface area contributed by atoms with Crippen molar-refractivity contribution in [2.75, 3.05) is 23.7 Å². The molecule has 0 saturated heterocycles. The molecule has 0 radical (unpaired) electrons. The second kappa shape index (κ2) is 6.08. The fourth-order valence-corrected chi connectivity index (χ4v) is 1.87. The van der Waals surface area contributed by atoms with Crippen molar-refractivity contribution in [1.29, 1.82) is 0 Å². The average Bonchev–Trinajstić information content (AvgIpc) is 2.26. The number of rotatable bonds is 6. The Morgan fingerprint density at radius 3 is 2.32 bits per heavy atom. The third kappa shape index (κ3) is 4.17. The number of anilines is 2. The van der Waals surface area contributed by atoms with Crippen molar-refractivity contribution in [1.82, 2.24) is 0 Å². The van der Waals surface area contributed by atoms with E-state index in [0.29, 0.717) is 29.4 Å². The number of nitrogen functional groups attached to an aromatic ring is 1. The van der Waals surface area contributed by atoms with Gasteiger partial charge in [0.1, 0.15) is 0 Å². The fourth-order valence-electron chi connectivity index (χ4n) is 1.87. The number of primary amides is 2. The van der Waals surface area contributed by atoms with Crippen molar-refractivity contribution in [3.8, 4) is 0 Å². The SMILES string of the molecule is CC(C)CN(CC(N)=O)c1ccc(C(N)=O)cc1N. The van der Waals surface area contributed by atoms with Crippen LogP contribution in [0.25, 0.3) is 0 Å². The van der Waals surface area contributed by atoms with E-state index in [2.05, 4.69) is 0 Å². The van der Waals surface area contributed by atoms with Crippen LogP contribution in [0.1, 0.15) is 24.2 Å². The Bertz CT molecular complexity index is 486. The maximum Gasteiger partial charge on any atom is 0.248 e. The Morgan fingerprint density at radius 2 is 1.89 bits per heavy atom. The number of carbonyl (C=O) groups is 2. The molecule has 19 heavy (non-hydrogen) atoms. The summed E-state index contributed by atoms with van der Waals surface area (Å²) >= 11 is 0. The van der Waals surface area contributed by atoms with Crippen LogP contribution in [0.5, 0.6) is 0 Å². The molecule has 0 aromatic heterocycles. The largest absolute Gasteiger partial charge is 0.397 e. The lowest BCUT2D eigenvalue weighted by atomic mass is 10.1. The Kier molecular flexibility index (Phi) is 4.74. The van der Waals surface area contributed by atoms with Gasteiger partial charge in [0, 0.05) is 12.1 Å². The summed E-state index contributed by atoms with van der Waals surface area (Å²) in [5.41, 5.74) is 17.8. The number of amides is 2. The van der Waals surface area contributed by atoms with Gasteiger partial charge in [0.25, 0.3) is 0 Å². The van der Waals surface area contributed by atoms with Gasteiger partial charge in [-0.25, -0.2) is 0 Å². The van der Waals surface area contributed by atoms with E-state index in [1.807, 2.05) is 13.8 Å². The number of carbonyl (C=O) groups excluding carboxylic acids is 2. The van der Waals surface area contributed by atoms with E-state index >= 15 is 0 Å². The van der Waals surface area contributed by atoms with Gasteiger partial charge in [-0.15, -0.1) is 0 Å². The topological polar surface area (TPSA) is 115 Å². The standard InChI is InChI=1S/C13H20N4O2/c1-8(2)6-17(7-12(15)18)11-4-3-9(13(16)19)5-10(11)14/h3-5,8H,6-7,14H2,1-2H3,(H2,15,18)(H2,16,19). The van der Waals surface area contributed by atoms with Crippen molar-refractivity contribution in [3.63, 3.8) is 0 Å². The highest BCUT2D eigenvalue weighted by Gasteiger charge is 2.15. The fraction of sp³-hybridized carbons (Fsp3) is 0.385. The third-order valence-corrected chi connectivity index (χ3v) is 2.58. The maximum absolute atomic E-state index is 11.1. The molecule has 0 atom stereocenters. The lowest BCUT2D eigenvalue weighted by Gasteiger charge is -2.26. The van der Waals surface area contributed by atoms with E-state index in [1.54, 1.807) is 17.0 Å². The smallest absolute Gasteiger partial charge is 0.248 e. The molecule has 0 heterocycles. The van der Waals surface area contributed by atoms with Gasteiger partial charge in [0.05, 0.1) is 17.9 Å². The summed E-state index contributed by atoms with van der Waals surface area (Å²) in [6.45, 7) is 4.78. The second-order valence-electron chi connectivity index (χ2n) is 4.88. The van der Waals surface area contributed by atoms with Gasteiger partial charge in [0.2, 0.25) is 11.8 Å². The average molecular weight is 264 g/mol. The monoisotopic (exact) mass is 264 g/mol. The van der Waals surface area contributed by atoms with E-state index in [0.717, 1.165) is 0 Å². The van der Waals surface area contributed by atoms with Gasteiger partial charge in [-0.3, -0.25) is 9.59 Å². The van der Waals surface area contributed by atoms with E-state index in [4.69, 9.17) is 17.2 Å². The zero-order valence-electron chi connectivity index (χ0n) is 11.2. The van der Waals surface area contributed by atoms with Crippen molar-refractivity contribution >= 4 is 23.2 Å². The molecule has 0 aliphatic carbocycles. The number of nitrogens with two attached hydrogens (primary N) is 3. The van der Waals surface area contributed by atoms with E-state index in [1.165, 1.54) is 6.07 Å². The quantitative estimate of drug-likeness (QED) is 0.641. The van der Waals surface area contributed by atoms with E-state index in [-0.39, 0.29) is 6.54 Å². The molecule has 0 saturated carbocycles. The molecule has 6 heteroatoms. The van der Waals surface area contributed by atoms with Crippen LogP contribution >= 0.6 is 0 Å². The van der Waals surface area contributed by atoms with Crippen LogP contribution < -0.4 is 22.1 Å². The zero-order chi connectivity index (χ0) is 14.6. The summed E-state index contributed by atoms with van der Waals surface area (Å²) in [4.78, 5) is 24.0. The summed E-state index contributed by atoms with van der Waals surface area (Å²) in [5, 5.41) is 0. The molecule has 0 unspecified atom stereocenters. The Hall–Kier alpha value is -2.24. The van der Waals surface area contributed by atoms with Gasteiger partial charge in [-0.2, -0.15) is 0 Å². The highest BCUT2D eigenvalue weighted by Crippen LogP contribution is 2.25. The van der Waals surface area contributed by atoms with Crippen molar-refractivity contribution < 1.29 is 9.59 Å². The summed E-state index contributed by atoms with van der Waals surface area (Å²) < 4.78 is 0. The summed E-state index contributed by atoms with van der Waals surface area (Å²) in [5.74, 6) is -0.628. The summed E-state index contributed by atoms with van der Waals surface area (Å²) in [6.07, 6.45) is 0. The number of hydrogen-bond donors (Lipinski definition) is 3. The van der Waals surface area contributed by atoms with Crippen molar-refractivity contribution in [2.24, 2.45) is 17.4 Å². The molecule has 2 amide bonds. The first-order valence-corrected chi connectivity index (χ1v) is 6.03. The zero-order valence-corrected chi connectivity index (χ0v) is 11.2. The molecule has 0 aliphatic heterocycles. The molecule has 0 fully saturated rings. The number of benzene rings is 1. The van der Waals surface area contributed by atoms with Gasteiger partial charge in [-0.1, -0.05) is 13.8 Å². The first-order chi connectivity index (χ1) is 8.81. The van der Waals surface area contributed by atoms with Gasteiger partial charge >= 0.3 is 0 Å². The highest BCUT2D eigenvalue weighted by molar-refractivity contribution is 5.95. The van der Waals surface area contributed by atoms with Crippen LogP contribution in [0.15, 0.2) is 18.2 Å². The van der Waals surface area contributed by atoms with Crippen molar-refractivity contribution in [3.05, 3.63) is 23.8 Å². The molecule has 6 N–H and O–H groups in total. The number of nitrogens with zero attached hydrogens (tertiary/aromatic N) is 1. The van der Waals surface area contributed by atoms with Crippen molar-refractivity contribution in [2.45, 2.75) is 13.8 Å².